The molecule has 0 bridgehead atoms. The molecule has 0 saturated carbocycles. The second-order valence-corrected chi connectivity index (χ2v) is 8.60. The molecule has 2 heterocycles. The van der Waals surface area contributed by atoms with Gasteiger partial charge in [0.05, 0.1) is 41.3 Å². The lowest BCUT2D eigenvalue weighted by atomic mass is 10.1. The number of aromatic nitrogens is 2. The Bertz CT molecular complexity index is 946. The minimum absolute atomic E-state index is 0.00906. The number of amides is 1. The molecule has 2 aromatic rings. The lowest BCUT2D eigenvalue weighted by molar-refractivity contribution is -0.817. The summed E-state index contributed by atoms with van der Waals surface area (Å²) in [7, 11) is 9.63. The number of nitrogens with one attached hydrogen (secondary N) is 1. The summed E-state index contributed by atoms with van der Waals surface area (Å²) in [6.07, 6.45) is 3.56. The van der Waals surface area contributed by atoms with Crippen molar-refractivity contribution in [2.75, 3.05) is 35.2 Å². The van der Waals surface area contributed by atoms with Crippen LogP contribution in [0.5, 0.6) is 0 Å². The first kappa shape index (κ1) is 20.0. The molecule has 1 N–H and O–H groups in total. The van der Waals surface area contributed by atoms with Gasteiger partial charge in [-0.05, 0) is 19.4 Å². The second kappa shape index (κ2) is 7.04. The van der Waals surface area contributed by atoms with Crippen molar-refractivity contribution < 1.29 is 18.5 Å². The van der Waals surface area contributed by atoms with Gasteiger partial charge in [0.25, 0.3) is 5.70 Å². The molecule has 0 saturated heterocycles. The lowest BCUT2D eigenvalue weighted by Gasteiger charge is -2.30. The maximum atomic E-state index is 13.3. The van der Waals surface area contributed by atoms with Crippen molar-refractivity contribution in [1.82, 2.24) is 9.97 Å². The zero-order chi connectivity index (χ0) is 20.7. The number of aromatic amines is 1. The standard InChI is InChI=1S/C22H29N4O2/c1-15-14-23-21(24-15)18-13-19(28-16(2)17-11-9-8-10-12-17)20(26(18,6)7)22(27)25(3,4)5/h8-14,16H,1-7H3/q+1/p+1. The predicted octanol–water partition coefficient (Wildman–Crippen LogP) is 3.37. The van der Waals surface area contributed by atoms with E-state index in [1.54, 1.807) is 6.20 Å². The molecule has 0 radical (unpaired) electrons. The molecule has 1 aromatic heterocycles. The first-order valence-corrected chi connectivity index (χ1v) is 9.43. The Hall–Kier alpha value is -2.70. The van der Waals surface area contributed by atoms with Gasteiger partial charge in [0.2, 0.25) is 0 Å². The van der Waals surface area contributed by atoms with Gasteiger partial charge in [0.1, 0.15) is 6.10 Å². The maximum absolute atomic E-state index is 13.3. The number of hydrogen-bond acceptors (Lipinski definition) is 3. The van der Waals surface area contributed by atoms with Crippen molar-refractivity contribution in [3.63, 3.8) is 0 Å². The highest BCUT2D eigenvalue weighted by Gasteiger charge is 2.49. The van der Waals surface area contributed by atoms with E-state index < -0.39 is 0 Å². The van der Waals surface area contributed by atoms with Gasteiger partial charge < -0.3 is 9.72 Å². The van der Waals surface area contributed by atoms with E-state index in [9.17, 15) is 4.79 Å². The number of likely N-dealkylation sites (N-methyl/N-ethyl adjacent to an activating group) is 2. The Labute approximate surface area is 166 Å². The van der Waals surface area contributed by atoms with Crippen LogP contribution in [0.3, 0.4) is 0 Å². The average Bonchev–Trinajstić information content (AvgIpc) is 3.14. The quantitative estimate of drug-likeness (QED) is 0.807. The van der Waals surface area contributed by atoms with Gasteiger partial charge in [-0.2, -0.15) is 0 Å². The molecule has 28 heavy (non-hydrogen) atoms. The van der Waals surface area contributed by atoms with Gasteiger partial charge >= 0.3 is 5.91 Å². The first-order valence-electron chi connectivity index (χ1n) is 9.43. The Morgan fingerprint density at radius 3 is 2.36 bits per heavy atom. The average molecular weight is 383 g/mol. The van der Waals surface area contributed by atoms with E-state index in [1.807, 2.05) is 85.5 Å². The molecule has 1 unspecified atom stereocenters. The third-order valence-electron chi connectivity index (χ3n) is 4.99. The molecule has 0 aliphatic carbocycles. The van der Waals surface area contributed by atoms with E-state index in [0.29, 0.717) is 11.5 Å². The van der Waals surface area contributed by atoms with Crippen LogP contribution in [0, 0.1) is 6.92 Å². The summed E-state index contributed by atoms with van der Waals surface area (Å²) in [6, 6.07) is 10.0. The summed E-state index contributed by atoms with van der Waals surface area (Å²) in [5.41, 5.74) is 3.56. The molecule has 3 rings (SSSR count). The molecule has 1 aliphatic rings. The highest BCUT2D eigenvalue weighted by Crippen LogP contribution is 2.40. The van der Waals surface area contributed by atoms with Gasteiger partial charge in [-0.1, -0.05) is 30.3 Å². The van der Waals surface area contributed by atoms with Crippen LogP contribution in [0.25, 0.3) is 5.70 Å². The van der Waals surface area contributed by atoms with E-state index in [2.05, 4.69) is 9.97 Å². The van der Waals surface area contributed by atoms with Crippen molar-refractivity contribution in [3.05, 3.63) is 71.1 Å². The van der Waals surface area contributed by atoms with Gasteiger partial charge in [0, 0.05) is 11.9 Å². The molecule has 1 aliphatic heterocycles. The number of aryl methyl sites for hydroxylation is 1. The number of hydrogen-bond donors (Lipinski definition) is 1. The molecule has 1 aromatic carbocycles. The summed E-state index contributed by atoms with van der Waals surface area (Å²) in [5, 5.41) is 0. The van der Waals surface area contributed by atoms with Crippen molar-refractivity contribution in [1.29, 1.82) is 0 Å². The largest absolute Gasteiger partial charge is 0.479 e. The fourth-order valence-corrected chi connectivity index (χ4v) is 3.36. The van der Waals surface area contributed by atoms with Crippen LogP contribution < -0.4 is 0 Å². The summed E-state index contributed by atoms with van der Waals surface area (Å²) in [4.78, 5) is 21.1. The zero-order valence-electron chi connectivity index (χ0n) is 17.8. The normalized spacial score (nSPS) is 17.5. The lowest BCUT2D eigenvalue weighted by Crippen LogP contribution is -2.49. The Kier molecular flexibility index (Phi) is 5.04. The summed E-state index contributed by atoms with van der Waals surface area (Å²) in [6.45, 7) is 3.96. The van der Waals surface area contributed by atoms with Gasteiger partial charge in [-0.25, -0.2) is 14.3 Å². The zero-order valence-corrected chi connectivity index (χ0v) is 17.8. The number of allylic oxidation sites excluding steroid dienone is 1. The van der Waals surface area contributed by atoms with Crippen molar-refractivity contribution in [2.24, 2.45) is 0 Å². The highest BCUT2D eigenvalue weighted by atomic mass is 16.5. The molecule has 6 heteroatoms. The summed E-state index contributed by atoms with van der Waals surface area (Å²) < 4.78 is 6.79. The molecule has 1 amide bonds. The SMILES string of the molecule is Cc1cnc(C2=CC(OC(C)c3ccccc3)=C(C(=O)[N+](C)(C)C)[N+]2(C)C)[nH]1. The number of carbonyl (C=O) groups excluding carboxylic acids is 1. The van der Waals surface area contributed by atoms with Crippen molar-refractivity contribution in [3.8, 4) is 0 Å². The topological polar surface area (TPSA) is 55.0 Å². The minimum atomic E-state index is -0.180. The van der Waals surface area contributed by atoms with E-state index in [4.69, 9.17) is 4.74 Å². The number of rotatable bonds is 5. The number of nitrogens with zero attached hydrogens (tertiary/aromatic N) is 3. The van der Waals surface area contributed by atoms with Crippen molar-refractivity contribution in [2.45, 2.75) is 20.0 Å². The number of imidazole rings is 1. The van der Waals surface area contributed by atoms with Crippen LogP contribution in [0.2, 0.25) is 0 Å². The number of quaternary nitrogens is 2. The monoisotopic (exact) mass is 382 g/mol. The first-order chi connectivity index (χ1) is 13.0. The highest BCUT2D eigenvalue weighted by molar-refractivity contribution is 5.89. The Balaban J connectivity index is 2.07. The number of ether oxygens (including phenoxy) is 1. The Morgan fingerprint density at radius 2 is 1.82 bits per heavy atom. The smallest absolute Gasteiger partial charge is 0.403 e. The van der Waals surface area contributed by atoms with Gasteiger partial charge in [0.15, 0.2) is 17.3 Å². The predicted molar refractivity (Wildman–Crippen MR) is 109 cm³/mol. The molecule has 0 spiro atoms. The van der Waals surface area contributed by atoms with Crippen LogP contribution in [-0.4, -0.2) is 60.1 Å². The summed E-state index contributed by atoms with van der Waals surface area (Å²) >= 11 is 0. The Morgan fingerprint density at radius 1 is 1.18 bits per heavy atom. The third-order valence-corrected chi connectivity index (χ3v) is 4.99. The van der Waals surface area contributed by atoms with Crippen molar-refractivity contribution >= 4 is 11.6 Å². The minimum Gasteiger partial charge on any atom is -0.479 e. The van der Waals surface area contributed by atoms with Crippen LogP contribution in [0.15, 0.2) is 54.1 Å². The maximum Gasteiger partial charge on any atom is 0.403 e. The number of carbonyl (C=O) groups is 1. The second-order valence-electron chi connectivity index (χ2n) is 8.60. The third kappa shape index (κ3) is 3.66. The van der Waals surface area contributed by atoms with E-state index in [1.165, 1.54) is 0 Å². The van der Waals surface area contributed by atoms with Crippen LogP contribution >= 0.6 is 0 Å². The van der Waals surface area contributed by atoms with Gasteiger partial charge in [-0.3, -0.25) is 4.48 Å². The van der Waals surface area contributed by atoms with Gasteiger partial charge in [-0.15, -0.1) is 0 Å². The molecule has 148 valence electrons. The molecule has 6 nitrogen and oxygen atoms in total. The van der Waals surface area contributed by atoms with Crippen LogP contribution in [0.4, 0.5) is 0 Å². The molecule has 0 fully saturated rings. The van der Waals surface area contributed by atoms with Crippen LogP contribution in [-0.2, 0) is 9.53 Å². The van der Waals surface area contributed by atoms with E-state index in [0.717, 1.165) is 22.8 Å². The summed E-state index contributed by atoms with van der Waals surface area (Å²) in [5.74, 6) is 1.36. The van der Waals surface area contributed by atoms with E-state index in [-0.39, 0.29) is 21.0 Å². The molecular formula is C22H30N4O2+2. The molecular weight excluding hydrogens is 352 g/mol. The van der Waals surface area contributed by atoms with E-state index >= 15 is 0 Å². The fourth-order valence-electron chi connectivity index (χ4n) is 3.36. The number of benzene rings is 1. The molecule has 1 atom stereocenters. The number of H-pyrrole nitrogens is 1. The van der Waals surface area contributed by atoms with Crippen LogP contribution in [0.1, 0.15) is 30.1 Å². The fraction of sp³-hybridized carbons (Fsp3) is 0.364.